The van der Waals surface area contributed by atoms with E-state index in [-0.39, 0.29) is 23.7 Å². The maximum Gasteiger partial charge on any atom is 0.306 e. The van der Waals surface area contributed by atoms with Gasteiger partial charge in [0, 0.05) is 25.0 Å². The van der Waals surface area contributed by atoms with Crippen LogP contribution in [0.4, 0.5) is 13.2 Å². The van der Waals surface area contributed by atoms with Crippen LogP contribution in [0.15, 0.2) is 18.2 Å². The maximum absolute atomic E-state index is 13.3. The maximum atomic E-state index is 13.3. The van der Waals surface area contributed by atoms with Crippen LogP contribution in [-0.4, -0.2) is 49.5 Å². The molecule has 2 rings (SSSR count). The highest BCUT2D eigenvalue weighted by molar-refractivity contribution is 7.87. The smallest absolute Gasteiger partial charge is 0.274 e. The van der Waals surface area contributed by atoms with Crippen molar-refractivity contribution in [1.82, 2.24) is 8.61 Å². The summed E-state index contributed by atoms with van der Waals surface area (Å²) in [5.41, 5.74) is -0.0960. The van der Waals surface area contributed by atoms with Crippen molar-refractivity contribution in [1.29, 1.82) is 0 Å². The van der Waals surface area contributed by atoms with Gasteiger partial charge in [0.15, 0.2) is 0 Å². The molecule has 1 fully saturated rings. The van der Waals surface area contributed by atoms with Crippen LogP contribution in [0.25, 0.3) is 0 Å². The Morgan fingerprint density at radius 2 is 2.00 bits per heavy atom. The van der Waals surface area contributed by atoms with Crippen LogP contribution in [0.5, 0.6) is 0 Å². The summed E-state index contributed by atoms with van der Waals surface area (Å²) in [6, 6.07) is 2.91. The summed E-state index contributed by atoms with van der Waals surface area (Å²) in [4.78, 5) is 12.1. The molecule has 128 valence electrons. The molecular weight excluding hydrogens is 357 g/mol. The monoisotopic (exact) mass is 370 g/mol. The molecule has 1 aliphatic rings. The molecule has 0 aliphatic carbocycles. The Morgan fingerprint density at radius 3 is 2.48 bits per heavy atom. The standard InChI is InChI=1S/C13H14ClF3N2O3S/c1-18-4-5-19(23(18,21)22)12(20)7-10(13(16)17)9-3-2-8(15)6-11(9)14/h2-3,6,10,13H,4-5,7H2,1H3. The van der Waals surface area contributed by atoms with Gasteiger partial charge in [-0.3, -0.25) is 4.79 Å². The summed E-state index contributed by atoms with van der Waals surface area (Å²) in [6.45, 7) is 0.00942. The van der Waals surface area contributed by atoms with E-state index >= 15 is 0 Å². The summed E-state index contributed by atoms with van der Waals surface area (Å²) in [7, 11) is -2.66. The molecule has 1 aromatic rings. The molecule has 1 aliphatic heterocycles. The fraction of sp³-hybridized carbons (Fsp3) is 0.462. The van der Waals surface area contributed by atoms with Gasteiger partial charge < -0.3 is 0 Å². The van der Waals surface area contributed by atoms with Crippen molar-refractivity contribution in [2.24, 2.45) is 0 Å². The van der Waals surface area contributed by atoms with Gasteiger partial charge in [-0.2, -0.15) is 12.7 Å². The van der Waals surface area contributed by atoms with E-state index in [2.05, 4.69) is 0 Å². The molecule has 10 heteroatoms. The summed E-state index contributed by atoms with van der Waals surface area (Å²) < 4.78 is 65.0. The van der Waals surface area contributed by atoms with Gasteiger partial charge in [-0.25, -0.2) is 17.5 Å². The zero-order chi connectivity index (χ0) is 17.4. The molecule has 0 bridgehead atoms. The minimum absolute atomic E-state index is 0.0925. The Labute approximate surface area is 136 Å². The largest absolute Gasteiger partial charge is 0.306 e. The second-order valence-corrected chi connectivity index (χ2v) is 7.47. The van der Waals surface area contributed by atoms with Crippen LogP contribution in [0.1, 0.15) is 17.9 Å². The Hall–Kier alpha value is -1.32. The van der Waals surface area contributed by atoms with Crippen molar-refractivity contribution >= 4 is 27.7 Å². The van der Waals surface area contributed by atoms with E-state index in [4.69, 9.17) is 11.6 Å². The minimum atomic E-state index is -3.96. The number of halogens is 4. The molecule has 5 nitrogen and oxygen atoms in total. The van der Waals surface area contributed by atoms with Gasteiger partial charge in [0.2, 0.25) is 12.3 Å². The summed E-state index contributed by atoms with van der Waals surface area (Å²) in [6.07, 6.45) is -3.69. The highest BCUT2D eigenvalue weighted by Crippen LogP contribution is 2.33. The fourth-order valence-electron chi connectivity index (χ4n) is 2.31. The zero-order valence-electron chi connectivity index (χ0n) is 12.0. The van der Waals surface area contributed by atoms with E-state index in [0.717, 1.165) is 22.5 Å². The van der Waals surface area contributed by atoms with Gasteiger partial charge in [0.1, 0.15) is 5.82 Å². The average Bonchev–Trinajstić information content (AvgIpc) is 2.71. The highest BCUT2D eigenvalue weighted by Gasteiger charge is 2.39. The number of likely N-dealkylation sites (N-methyl/N-ethyl adjacent to an activating group) is 1. The molecule has 1 saturated heterocycles. The molecule has 1 heterocycles. The molecule has 0 N–H and O–H groups in total. The third kappa shape index (κ3) is 3.61. The summed E-state index contributed by atoms with van der Waals surface area (Å²) in [5.74, 6) is -3.25. The highest BCUT2D eigenvalue weighted by atomic mass is 35.5. The number of amides is 1. The number of nitrogens with zero attached hydrogens (tertiary/aromatic N) is 2. The van der Waals surface area contributed by atoms with Crippen LogP contribution in [-0.2, 0) is 15.0 Å². The summed E-state index contributed by atoms with van der Waals surface area (Å²) >= 11 is 5.77. The number of hydrogen-bond acceptors (Lipinski definition) is 3. The molecule has 1 unspecified atom stereocenters. The number of hydrogen-bond donors (Lipinski definition) is 0. The predicted molar refractivity (Wildman–Crippen MR) is 78.0 cm³/mol. The normalized spacial score (nSPS) is 19.3. The van der Waals surface area contributed by atoms with Gasteiger partial charge in [-0.15, -0.1) is 0 Å². The Balaban J connectivity index is 2.25. The van der Waals surface area contributed by atoms with E-state index in [0.29, 0.717) is 4.31 Å². The molecule has 1 aromatic carbocycles. The lowest BCUT2D eigenvalue weighted by Gasteiger charge is -2.21. The van der Waals surface area contributed by atoms with Crippen molar-refractivity contribution in [2.45, 2.75) is 18.8 Å². The van der Waals surface area contributed by atoms with Gasteiger partial charge >= 0.3 is 10.2 Å². The van der Waals surface area contributed by atoms with E-state index in [1.807, 2.05) is 0 Å². The van der Waals surface area contributed by atoms with E-state index in [1.54, 1.807) is 0 Å². The third-order valence-electron chi connectivity index (χ3n) is 3.63. The minimum Gasteiger partial charge on any atom is -0.274 e. The van der Waals surface area contributed by atoms with Gasteiger partial charge in [0.05, 0.1) is 12.5 Å². The predicted octanol–water partition coefficient (Wildman–Crippen LogP) is 2.24. The van der Waals surface area contributed by atoms with Crippen molar-refractivity contribution in [3.63, 3.8) is 0 Å². The quantitative estimate of drug-likeness (QED) is 0.816. The lowest BCUT2D eigenvalue weighted by atomic mass is 9.95. The molecule has 0 aromatic heterocycles. The number of carbonyl (C=O) groups excluding carboxylic acids is 1. The van der Waals surface area contributed by atoms with Crippen LogP contribution in [0, 0.1) is 5.82 Å². The van der Waals surface area contributed by atoms with Gasteiger partial charge in [-0.1, -0.05) is 17.7 Å². The molecule has 0 saturated carbocycles. The van der Waals surface area contributed by atoms with Gasteiger partial charge in [-0.05, 0) is 17.7 Å². The van der Waals surface area contributed by atoms with Crippen molar-refractivity contribution < 1.29 is 26.4 Å². The third-order valence-corrected chi connectivity index (χ3v) is 5.87. The van der Waals surface area contributed by atoms with Crippen LogP contribution >= 0.6 is 11.6 Å². The number of rotatable bonds is 4. The molecule has 0 spiro atoms. The first-order valence-electron chi connectivity index (χ1n) is 6.64. The zero-order valence-corrected chi connectivity index (χ0v) is 13.6. The molecular formula is C13H14ClF3N2O3S. The Morgan fingerprint density at radius 1 is 1.35 bits per heavy atom. The topological polar surface area (TPSA) is 57.7 Å². The second kappa shape index (κ2) is 6.66. The first-order chi connectivity index (χ1) is 10.6. The SMILES string of the molecule is CN1CCN(C(=O)CC(c2ccc(F)cc2Cl)C(F)F)S1(=O)=O. The average molecular weight is 371 g/mol. The molecule has 1 amide bonds. The van der Waals surface area contributed by atoms with Crippen LogP contribution in [0.2, 0.25) is 5.02 Å². The van der Waals surface area contributed by atoms with Crippen LogP contribution in [0.3, 0.4) is 0 Å². The van der Waals surface area contributed by atoms with E-state index < -0.39 is 40.7 Å². The number of alkyl halides is 2. The lowest BCUT2D eigenvalue weighted by Crippen LogP contribution is -2.37. The number of benzene rings is 1. The van der Waals surface area contributed by atoms with E-state index in [9.17, 15) is 26.4 Å². The lowest BCUT2D eigenvalue weighted by molar-refractivity contribution is -0.127. The van der Waals surface area contributed by atoms with Gasteiger partial charge in [0.25, 0.3) is 0 Å². The van der Waals surface area contributed by atoms with Crippen molar-refractivity contribution in [2.75, 3.05) is 20.1 Å². The van der Waals surface area contributed by atoms with E-state index in [1.165, 1.54) is 7.05 Å². The Bertz CT molecular complexity index is 714. The number of carbonyl (C=O) groups is 1. The van der Waals surface area contributed by atoms with Crippen LogP contribution < -0.4 is 0 Å². The first-order valence-corrected chi connectivity index (χ1v) is 8.42. The van der Waals surface area contributed by atoms with Crippen molar-refractivity contribution in [3.8, 4) is 0 Å². The molecule has 1 atom stereocenters. The Kier molecular flexibility index (Phi) is 5.22. The summed E-state index contributed by atoms with van der Waals surface area (Å²) in [5, 5.41) is -0.232. The van der Waals surface area contributed by atoms with Crippen molar-refractivity contribution in [3.05, 3.63) is 34.6 Å². The molecule has 0 radical (unpaired) electrons. The first kappa shape index (κ1) is 18.0. The second-order valence-electron chi connectivity index (χ2n) is 5.11. The fourth-order valence-corrected chi connectivity index (χ4v) is 3.91. The molecule has 23 heavy (non-hydrogen) atoms.